The standard InChI is InChI=1S/C25H17Cl2NO4/c1-12-20(25(30)31-2)21(22-23(28-12)14-5-3-4-6-15(14)24(22)29)19-10-9-18(32-19)13-7-8-16(26)17(27)11-13/h3-11,21,28H,1-2H3. The van der Waals surface area contributed by atoms with E-state index in [0.717, 1.165) is 11.1 Å². The number of methoxy groups -OCH3 is 1. The molecule has 2 aliphatic rings. The van der Waals surface area contributed by atoms with E-state index >= 15 is 0 Å². The lowest BCUT2D eigenvalue weighted by molar-refractivity contribution is -0.136. The largest absolute Gasteiger partial charge is 0.466 e. The third-order valence-corrected chi connectivity index (χ3v) is 6.51. The van der Waals surface area contributed by atoms with Crippen molar-refractivity contribution in [2.45, 2.75) is 12.8 Å². The molecule has 1 atom stereocenters. The van der Waals surface area contributed by atoms with Crippen LogP contribution in [0, 0.1) is 0 Å². The van der Waals surface area contributed by atoms with Gasteiger partial charge in [0.05, 0.1) is 34.3 Å². The van der Waals surface area contributed by atoms with Gasteiger partial charge in [-0.05, 0) is 37.3 Å². The van der Waals surface area contributed by atoms with Crippen LogP contribution in [0.15, 0.2) is 75.9 Å². The van der Waals surface area contributed by atoms with Crippen molar-refractivity contribution in [1.29, 1.82) is 0 Å². The summed E-state index contributed by atoms with van der Waals surface area (Å²) in [6.45, 7) is 1.79. The molecule has 2 heterocycles. The number of esters is 1. The van der Waals surface area contributed by atoms with Crippen LogP contribution in [0.1, 0.15) is 34.5 Å². The van der Waals surface area contributed by atoms with Gasteiger partial charge >= 0.3 is 5.97 Å². The fraction of sp³-hybridized carbons (Fsp3) is 0.120. The van der Waals surface area contributed by atoms with Crippen molar-refractivity contribution < 1.29 is 18.7 Å². The molecule has 5 nitrogen and oxygen atoms in total. The number of dihydropyridines is 1. The smallest absolute Gasteiger partial charge is 0.336 e. The Kier molecular flexibility index (Phi) is 4.96. The molecule has 32 heavy (non-hydrogen) atoms. The monoisotopic (exact) mass is 465 g/mol. The molecule has 0 saturated heterocycles. The lowest BCUT2D eigenvalue weighted by atomic mass is 9.83. The van der Waals surface area contributed by atoms with Crippen LogP contribution < -0.4 is 5.32 Å². The summed E-state index contributed by atoms with van der Waals surface area (Å²) in [5, 5.41) is 4.09. The SMILES string of the molecule is COC(=O)C1=C(C)NC2=C(C(=O)c3ccccc32)C1c1ccc(-c2ccc(Cl)c(Cl)c2)o1. The first-order valence-electron chi connectivity index (χ1n) is 9.90. The van der Waals surface area contributed by atoms with Gasteiger partial charge in [0, 0.05) is 28.0 Å². The van der Waals surface area contributed by atoms with Crippen LogP contribution in [-0.2, 0) is 9.53 Å². The van der Waals surface area contributed by atoms with Crippen LogP contribution in [0.2, 0.25) is 10.0 Å². The maximum atomic E-state index is 13.4. The Morgan fingerprint density at radius 1 is 1.03 bits per heavy atom. The first-order valence-corrected chi connectivity index (χ1v) is 10.7. The Bertz CT molecular complexity index is 1370. The van der Waals surface area contributed by atoms with E-state index in [0.29, 0.717) is 49.7 Å². The number of ether oxygens (including phenoxy) is 1. The van der Waals surface area contributed by atoms with Gasteiger partial charge in [0.2, 0.25) is 0 Å². The van der Waals surface area contributed by atoms with Gasteiger partial charge in [-0.15, -0.1) is 0 Å². The van der Waals surface area contributed by atoms with E-state index < -0.39 is 11.9 Å². The zero-order valence-corrected chi connectivity index (χ0v) is 18.7. The number of hydrogen-bond acceptors (Lipinski definition) is 5. The lowest BCUT2D eigenvalue weighted by Crippen LogP contribution is -2.28. The average molecular weight is 466 g/mol. The Hall–Kier alpha value is -3.28. The lowest BCUT2D eigenvalue weighted by Gasteiger charge is -2.27. The Morgan fingerprint density at radius 2 is 1.78 bits per heavy atom. The number of benzene rings is 2. The minimum Gasteiger partial charge on any atom is -0.466 e. The second kappa shape index (κ2) is 7.69. The third-order valence-electron chi connectivity index (χ3n) is 5.77. The van der Waals surface area contributed by atoms with E-state index in [-0.39, 0.29) is 5.78 Å². The topological polar surface area (TPSA) is 68.5 Å². The first kappa shape index (κ1) is 20.6. The van der Waals surface area contributed by atoms with Crippen LogP contribution in [0.5, 0.6) is 0 Å². The van der Waals surface area contributed by atoms with Gasteiger partial charge in [0.25, 0.3) is 0 Å². The molecule has 1 unspecified atom stereocenters. The number of allylic oxidation sites excluding steroid dienone is 2. The van der Waals surface area contributed by atoms with Crippen LogP contribution in [0.3, 0.4) is 0 Å². The van der Waals surface area contributed by atoms with Gasteiger partial charge in [-0.25, -0.2) is 4.79 Å². The number of Topliss-reactive ketones (excluding diaryl/α,β-unsaturated/α-hetero) is 1. The second-order valence-corrected chi connectivity index (χ2v) is 8.40. The van der Waals surface area contributed by atoms with Gasteiger partial charge in [-0.3, -0.25) is 4.79 Å². The maximum Gasteiger partial charge on any atom is 0.336 e. The van der Waals surface area contributed by atoms with Crippen molar-refractivity contribution in [1.82, 2.24) is 5.32 Å². The number of carbonyl (C=O) groups is 2. The van der Waals surface area contributed by atoms with Crippen molar-refractivity contribution in [3.63, 3.8) is 0 Å². The Balaban J connectivity index is 1.67. The highest BCUT2D eigenvalue weighted by molar-refractivity contribution is 6.42. The maximum absolute atomic E-state index is 13.4. The number of furan rings is 1. The summed E-state index contributed by atoms with van der Waals surface area (Å²) in [5.74, 6) is -0.377. The summed E-state index contributed by atoms with van der Waals surface area (Å²) in [4.78, 5) is 26.2. The number of rotatable bonds is 3. The summed E-state index contributed by atoms with van der Waals surface area (Å²) in [7, 11) is 1.32. The Labute approximate surface area is 194 Å². The Morgan fingerprint density at radius 3 is 2.50 bits per heavy atom. The minimum absolute atomic E-state index is 0.144. The zero-order valence-electron chi connectivity index (χ0n) is 17.2. The number of nitrogens with one attached hydrogen (secondary N) is 1. The highest BCUT2D eigenvalue weighted by Gasteiger charge is 2.44. The third kappa shape index (κ3) is 3.08. The molecule has 2 aromatic carbocycles. The van der Waals surface area contributed by atoms with Gasteiger partial charge < -0.3 is 14.5 Å². The normalized spacial score (nSPS) is 17.2. The molecule has 0 spiro atoms. The van der Waals surface area contributed by atoms with E-state index in [9.17, 15) is 9.59 Å². The molecule has 3 aromatic rings. The molecule has 0 bridgehead atoms. The number of carbonyl (C=O) groups excluding carboxylic acids is 2. The van der Waals surface area contributed by atoms with Gasteiger partial charge in [-0.2, -0.15) is 0 Å². The molecule has 1 aromatic heterocycles. The molecule has 5 rings (SSSR count). The van der Waals surface area contributed by atoms with Crippen LogP contribution >= 0.6 is 23.2 Å². The van der Waals surface area contributed by atoms with Crippen molar-refractivity contribution in [2.24, 2.45) is 0 Å². The first-order chi connectivity index (χ1) is 15.4. The fourth-order valence-corrected chi connectivity index (χ4v) is 4.60. The average Bonchev–Trinajstić information content (AvgIpc) is 3.38. The van der Waals surface area contributed by atoms with Gasteiger partial charge in [0.1, 0.15) is 11.5 Å². The summed E-state index contributed by atoms with van der Waals surface area (Å²) in [6, 6.07) is 16.1. The summed E-state index contributed by atoms with van der Waals surface area (Å²) in [5.41, 5.74) is 4.22. The zero-order chi connectivity index (χ0) is 22.6. The molecule has 1 aliphatic carbocycles. The molecule has 7 heteroatoms. The van der Waals surface area contributed by atoms with Gasteiger partial charge in [0.15, 0.2) is 5.78 Å². The number of fused-ring (bicyclic) bond motifs is 2. The van der Waals surface area contributed by atoms with E-state index in [1.807, 2.05) is 18.2 Å². The second-order valence-electron chi connectivity index (χ2n) is 7.58. The molecule has 160 valence electrons. The molecule has 1 N–H and O–H groups in total. The van der Waals surface area contributed by atoms with E-state index in [2.05, 4.69) is 5.32 Å². The van der Waals surface area contributed by atoms with Crippen LogP contribution in [0.4, 0.5) is 0 Å². The molecular weight excluding hydrogens is 449 g/mol. The molecule has 0 fully saturated rings. The van der Waals surface area contributed by atoms with Crippen molar-refractivity contribution in [2.75, 3.05) is 7.11 Å². The minimum atomic E-state index is -0.713. The van der Waals surface area contributed by atoms with Gasteiger partial charge in [-0.1, -0.05) is 47.5 Å². The number of ketones is 1. The predicted molar refractivity (Wildman–Crippen MR) is 122 cm³/mol. The van der Waals surface area contributed by atoms with Crippen LogP contribution in [-0.4, -0.2) is 18.9 Å². The highest BCUT2D eigenvalue weighted by atomic mass is 35.5. The molecule has 0 saturated carbocycles. The van der Waals surface area contributed by atoms with Crippen molar-refractivity contribution in [3.8, 4) is 11.3 Å². The fourth-order valence-electron chi connectivity index (χ4n) is 4.31. The number of halogens is 2. The van der Waals surface area contributed by atoms with Crippen molar-refractivity contribution >= 4 is 40.7 Å². The molecular formula is C25H17Cl2NO4. The number of hydrogen-bond donors (Lipinski definition) is 1. The van der Waals surface area contributed by atoms with E-state index in [1.54, 1.807) is 43.3 Å². The van der Waals surface area contributed by atoms with E-state index in [4.69, 9.17) is 32.4 Å². The predicted octanol–water partition coefficient (Wildman–Crippen LogP) is 5.99. The van der Waals surface area contributed by atoms with Crippen LogP contribution in [0.25, 0.3) is 17.0 Å². The molecule has 0 amide bonds. The molecule has 0 radical (unpaired) electrons. The van der Waals surface area contributed by atoms with Crippen molar-refractivity contribution in [3.05, 3.63) is 98.4 Å². The molecule has 1 aliphatic heterocycles. The summed E-state index contributed by atoms with van der Waals surface area (Å²) in [6.07, 6.45) is 0. The quantitative estimate of drug-likeness (QED) is 0.480. The summed E-state index contributed by atoms with van der Waals surface area (Å²) < 4.78 is 11.2. The van der Waals surface area contributed by atoms with E-state index in [1.165, 1.54) is 7.11 Å². The highest BCUT2D eigenvalue weighted by Crippen LogP contribution is 2.47. The summed E-state index contributed by atoms with van der Waals surface area (Å²) >= 11 is 12.2.